The smallest absolute Gasteiger partial charge is 0.226 e. The summed E-state index contributed by atoms with van der Waals surface area (Å²) in [6, 6.07) is 7.50. The molecule has 2 aromatic heterocycles. The molecule has 0 saturated carbocycles. The summed E-state index contributed by atoms with van der Waals surface area (Å²) in [6.07, 6.45) is 1.81. The number of benzene rings is 1. The van der Waals surface area contributed by atoms with E-state index in [9.17, 15) is 0 Å². The van der Waals surface area contributed by atoms with Crippen LogP contribution in [0.25, 0.3) is 11.4 Å². The van der Waals surface area contributed by atoms with Crippen LogP contribution in [-0.2, 0) is 12.3 Å². The predicted octanol–water partition coefficient (Wildman–Crippen LogP) is 3.77. The standard InChI is InChI=1S/C15H14ClN5OS/c1-3-8-21-14(11-4-6-12(16)7-5-11)19-20-15(21)23-9-13-18-17-10(2)22-13/h3-7H,1,8-9H2,2H3. The third-order valence-corrected chi connectivity index (χ3v) is 4.23. The highest BCUT2D eigenvalue weighted by atomic mass is 35.5. The van der Waals surface area contributed by atoms with Crippen molar-refractivity contribution in [2.45, 2.75) is 24.4 Å². The first-order valence-electron chi connectivity index (χ1n) is 6.89. The molecule has 2 heterocycles. The molecule has 0 radical (unpaired) electrons. The fourth-order valence-electron chi connectivity index (χ4n) is 2.02. The van der Waals surface area contributed by atoms with Crippen LogP contribution in [0.3, 0.4) is 0 Å². The molecule has 0 N–H and O–H groups in total. The van der Waals surface area contributed by atoms with E-state index in [2.05, 4.69) is 27.0 Å². The Morgan fingerprint density at radius 1 is 1.22 bits per heavy atom. The molecule has 0 aliphatic heterocycles. The van der Waals surface area contributed by atoms with Crippen molar-refractivity contribution >= 4 is 23.4 Å². The quantitative estimate of drug-likeness (QED) is 0.499. The molecule has 0 aliphatic carbocycles. The number of allylic oxidation sites excluding steroid dienone is 1. The molecule has 0 bridgehead atoms. The van der Waals surface area contributed by atoms with Crippen LogP contribution in [0.15, 0.2) is 46.5 Å². The summed E-state index contributed by atoms with van der Waals surface area (Å²) in [5.41, 5.74) is 0.948. The van der Waals surface area contributed by atoms with E-state index < -0.39 is 0 Å². The SMILES string of the molecule is C=CCn1c(SCc2nnc(C)o2)nnc1-c1ccc(Cl)cc1. The average Bonchev–Trinajstić information content (AvgIpc) is 3.13. The van der Waals surface area contributed by atoms with Crippen LogP contribution in [0, 0.1) is 6.92 Å². The second-order valence-electron chi connectivity index (χ2n) is 4.72. The Kier molecular flexibility index (Phi) is 4.78. The third-order valence-electron chi connectivity index (χ3n) is 3.02. The van der Waals surface area contributed by atoms with Gasteiger partial charge >= 0.3 is 0 Å². The average molecular weight is 348 g/mol. The molecule has 0 amide bonds. The number of nitrogens with zero attached hydrogens (tertiary/aromatic N) is 5. The molecule has 23 heavy (non-hydrogen) atoms. The van der Waals surface area contributed by atoms with E-state index in [1.165, 1.54) is 11.8 Å². The van der Waals surface area contributed by atoms with E-state index in [0.717, 1.165) is 16.5 Å². The lowest BCUT2D eigenvalue weighted by Crippen LogP contribution is -2.00. The molecule has 0 fully saturated rings. The summed E-state index contributed by atoms with van der Waals surface area (Å²) in [6.45, 7) is 6.17. The second-order valence-corrected chi connectivity index (χ2v) is 6.09. The van der Waals surface area contributed by atoms with Crippen LogP contribution < -0.4 is 0 Å². The molecular formula is C15H14ClN5OS. The van der Waals surface area contributed by atoms with E-state index in [1.54, 1.807) is 6.92 Å². The van der Waals surface area contributed by atoms with E-state index in [4.69, 9.17) is 16.0 Å². The number of halogens is 1. The molecule has 3 rings (SSSR count). The van der Waals surface area contributed by atoms with E-state index in [0.29, 0.717) is 29.1 Å². The monoisotopic (exact) mass is 347 g/mol. The van der Waals surface area contributed by atoms with Crippen molar-refractivity contribution in [3.63, 3.8) is 0 Å². The Morgan fingerprint density at radius 3 is 2.65 bits per heavy atom. The first kappa shape index (κ1) is 15.8. The molecule has 0 saturated heterocycles. The van der Waals surface area contributed by atoms with E-state index >= 15 is 0 Å². The maximum atomic E-state index is 5.94. The first-order valence-corrected chi connectivity index (χ1v) is 8.25. The molecule has 0 spiro atoms. The lowest BCUT2D eigenvalue weighted by molar-refractivity contribution is 0.485. The summed E-state index contributed by atoms with van der Waals surface area (Å²) in [7, 11) is 0. The maximum absolute atomic E-state index is 5.94. The molecular weight excluding hydrogens is 334 g/mol. The van der Waals surface area contributed by atoms with E-state index in [1.807, 2.05) is 34.9 Å². The Labute approximate surface area is 142 Å². The van der Waals surface area contributed by atoms with Crippen LogP contribution in [0.1, 0.15) is 11.8 Å². The van der Waals surface area contributed by atoms with Gasteiger partial charge in [0.05, 0.1) is 5.75 Å². The van der Waals surface area contributed by atoms with Gasteiger partial charge in [0.25, 0.3) is 0 Å². The van der Waals surface area contributed by atoms with Gasteiger partial charge in [-0.15, -0.1) is 27.0 Å². The topological polar surface area (TPSA) is 69.6 Å². The fraction of sp³-hybridized carbons (Fsp3) is 0.200. The minimum Gasteiger partial charge on any atom is -0.425 e. The van der Waals surface area contributed by atoms with Crippen molar-refractivity contribution in [3.8, 4) is 11.4 Å². The van der Waals surface area contributed by atoms with Gasteiger partial charge in [-0.05, 0) is 24.3 Å². The zero-order valence-corrected chi connectivity index (χ0v) is 14.0. The number of rotatable bonds is 6. The lowest BCUT2D eigenvalue weighted by Gasteiger charge is -2.07. The largest absolute Gasteiger partial charge is 0.425 e. The summed E-state index contributed by atoms with van der Waals surface area (Å²) in [5.74, 6) is 2.42. The molecule has 8 heteroatoms. The zero-order chi connectivity index (χ0) is 16.2. The molecule has 0 aliphatic rings. The minimum absolute atomic E-state index is 0.538. The highest BCUT2D eigenvalue weighted by Gasteiger charge is 2.14. The maximum Gasteiger partial charge on any atom is 0.226 e. The van der Waals surface area contributed by atoms with Crippen molar-refractivity contribution in [1.82, 2.24) is 25.0 Å². The number of aryl methyl sites for hydroxylation is 1. The highest BCUT2D eigenvalue weighted by molar-refractivity contribution is 7.98. The van der Waals surface area contributed by atoms with Gasteiger partial charge in [-0.1, -0.05) is 29.4 Å². The number of hydrogen-bond acceptors (Lipinski definition) is 6. The Bertz CT molecular complexity index is 812. The Morgan fingerprint density at radius 2 is 2.00 bits per heavy atom. The molecule has 118 valence electrons. The Hall–Kier alpha value is -2.12. The van der Waals surface area contributed by atoms with Gasteiger partial charge in [0.2, 0.25) is 11.8 Å². The third kappa shape index (κ3) is 3.62. The summed E-state index contributed by atoms with van der Waals surface area (Å²) >= 11 is 7.43. The summed E-state index contributed by atoms with van der Waals surface area (Å²) in [5, 5.41) is 17.8. The van der Waals surface area contributed by atoms with Crippen molar-refractivity contribution < 1.29 is 4.42 Å². The Balaban J connectivity index is 1.85. The van der Waals surface area contributed by atoms with Gasteiger partial charge in [0.1, 0.15) is 0 Å². The van der Waals surface area contributed by atoms with Gasteiger partial charge in [-0.3, -0.25) is 4.57 Å². The van der Waals surface area contributed by atoms with Crippen LogP contribution in [0.5, 0.6) is 0 Å². The predicted molar refractivity (Wildman–Crippen MR) is 89.3 cm³/mol. The molecule has 0 unspecified atom stereocenters. The van der Waals surface area contributed by atoms with Crippen molar-refractivity contribution in [1.29, 1.82) is 0 Å². The van der Waals surface area contributed by atoms with Gasteiger partial charge in [0.15, 0.2) is 11.0 Å². The fourth-order valence-corrected chi connectivity index (χ4v) is 2.93. The van der Waals surface area contributed by atoms with Gasteiger partial charge < -0.3 is 4.42 Å². The molecule has 6 nitrogen and oxygen atoms in total. The normalized spacial score (nSPS) is 10.9. The second kappa shape index (κ2) is 6.97. The van der Waals surface area contributed by atoms with Crippen molar-refractivity contribution in [2.75, 3.05) is 0 Å². The lowest BCUT2D eigenvalue weighted by atomic mass is 10.2. The zero-order valence-electron chi connectivity index (χ0n) is 12.4. The van der Waals surface area contributed by atoms with Crippen LogP contribution in [0.2, 0.25) is 5.02 Å². The van der Waals surface area contributed by atoms with Crippen LogP contribution in [-0.4, -0.2) is 25.0 Å². The highest BCUT2D eigenvalue weighted by Crippen LogP contribution is 2.27. The van der Waals surface area contributed by atoms with Gasteiger partial charge in [-0.2, -0.15) is 0 Å². The first-order chi connectivity index (χ1) is 11.2. The summed E-state index contributed by atoms with van der Waals surface area (Å²) in [4.78, 5) is 0. The van der Waals surface area contributed by atoms with Crippen LogP contribution in [0.4, 0.5) is 0 Å². The molecule has 1 aromatic carbocycles. The number of hydrogen-bond donors (Lipinski definition) is 0. The number of thioether (sulfide) groups is 1. The van der Waals surface area contributed by atoms with Crippen LogP contribution >= 0.6 is 23.4 Å². The van der Waals surface area contributed by atoms with Crippen molar-refractivity contribution in [3.05, 3.63) is 53.7 Å². The van der Waals surface area contributed by atoms with Gasteiger partial charge in [0, 0.05) is 24.1 Å². The minimum atomic E-state index is 0.538. The van der Waals surface area contributed by atoms with Crippen molar-refractivity contribution in [2.24, 2.45) is 0 Å². The molecule has 0 atom stereocenters. The van der Waals surface area contributed by atoms with E-state index in [-0.39, 0.29) is 0 Å². The van der Waals surface area contributed by atoms with Gasteiger partial charge in [-0.25, -0.2) is 0 Å². The summed E-state index contributed by atoms with van der Waals surface area (Å²) < 4.78 is 7.36. The molecule has 3 aromatic rings. The number of aromatic nitrogens is 5.